The van der Waals surface area contributed by atoms with Crippen molar-refractivity contribution in [1.82, 2.24) is 4.90 Å². The molecule has 0 fully saturated rings. The number of carbonyl (C=O) groups is 1. The summed E-state index contributed by atoms with van der Waals surface area (Å²) in [4.78, 5) is 13.5. The van der Waals surface area contributed by atoms with E-state index in [2.05, 4.69) is 18.1 Å². The van der Waals surface area contributed by atoms with Crippen LogP contribution in [0.25, 0.3) is 0 Å². The number of carbonyl (C=O) groups excluding carboxylic acids is 1. The minimum absolute atomic E-state index is 0.0241. The first kappa shape index (κ1) is 15.1. The van der Waals surface area contributed by atoms with Crippen LogP contribution < -0.4 is 0 Å². The third-order valence-electron chi connectivity index (χ3n) is 3.07. The summed E-state index contributed by atoms with van der Waals surface area (Å²) in [5.41, 5.74) is 1.45. The molecule has 1 aromatic rings. The highest BCUT2D eigenvalue weighted by Gasteiger charge is 2.12. The van der Waals surface area contributed by atoms with Gasteiger partial charge in [-0.15, -0.1) is 0 Å². The molecule has 0 aliphatic carbocycles. The third-order valence-corrected chi connectivity index (χ3v) is 3.88. The van der Waals surface area contributed by atoms with Crippen molar-refractivity contribution < 1.29 is 9.90 Å². The van der Waals surface area contributed by atoms with Gasteiger partial charge in [-0.25, -0.2) is 0 Å². The van der Waals surface area contributed by atoms with Gasteiger partial charge in [-0.05, 0) is 45.4 Å². The molecule has 1 rings (SSSR count). The van der Waals surface area contributed by atoms with Gasteiger partial charge in [0.15, 0.2) is 5.78 Å². The van der Waals surface area contributed by atoms with E-state index in [4.69, 9.17) is 0 Å². The van der Waals surface area contributed by atoms with Crippen LogP contribution in [0.4, 0.5) is 0 Å². The molecule has 0 amide bonds. The maximum Gasteiger partial charge on any atom is 0.159 e. The Balaban J connectivity index is 2.83. The van der Waals surface area contributed by atoms with Gasteiger partial charge < -0.3 is 5.11 Å². The van der Waals surface area contributed by atoms with E-state index in [-0.39, 0.29) is 11.5 Å². The average Bonchev–Trinajstić information content (AvgIpc) is 2.31. The van der Waals surface area contributed by atoms with Gasteiger partial charge in [0, 0.05) is 29.5 Å². The first-order valence-corrected chi connectivity index (χ1v) is 7.37. The number of rotatable bonds is 6. The molecule has 1 N–H and O–H groups in total. The first-order valence-electron chi connectivity index (χ1n) is 5.97. The minimum atomic E-state index is 0.0241. The van der Waals surface area contributed by atoms with Crippen LogP contribution in [0.1, 0.15) is 29.8 Å². The predicted molar refractivity (Wildman–Crippen MR) is 77.4 cm³/mol. The van der Waals surface area contributed by atoms with E-state index in [1.165, 1.54) is 6.92 Å². The fourth-order valence-corrected chi connectivity index (χ4v) is 2.46. The molecule has 0 saturated heterocycles. The number of thioether (sulfide) groups is 1. The number of aromatic hydroxyl groups is 1. The molecule has 18 heavy (non-hydrogen) atoms. The largest absolute Gasteiger partial charge is 0.508 e. The van der Waals surface area contributed by atoms with Crippen molar-refractivity contribution in [2.24, 2.45) is 0 Å². The van der Waals surface area contributed by atoms with E-state index >= 15 is 0 Å². The summed E-state index contributed by atoms with van der Waals surface area (Å²) in [7, 11) is 2.03. The van der Waals surface area contributed by atoms with E-state index in [1.807, 2.05) is 7.05 Å². The third kappa shape index (κ3) is 4.03. The van der Waals surface area contributed by atoms with E-state index in [0.717, 1.165) is 11.3 Å². The maximum absolute atomic E-state index is 11.3. The van der Waals surface area contributed by atoms with Crippen molar-refractivity contribution in [3.8, 4) is 5.75 Å². The molecule has 1 aromatic carbocycles. The highest BCUT2D eigenvalue weighted by Crippen LogP contribution is 2.21. The lowest BCUT2D eigenvalue weighted by atomic mass is 10.1. The summed E-state index contributed by atoms with van der Waals surface area (Å²) < 4.78 is 0. The number of Topliss-reactive ketones (excluding diaryl/α,β-unsaturated/α-hetero) is 1. The summed E-state index contributed by atoms with van der Waals surface area (Å²) in [5.74, 6) is 1.32. The quantitative estimate of drug-likeness (QED) is 0.805. The lowest BCUT2D eigenvalue weighted by molar-refractivity contribution is 0.101. The zero-order chi connectivity index (χ0) is 13.7. The second-order valence-corrected chi connectivity index (χ2v) is 5.53. The number of phenols is 1. The van der Waals surface area contributed by atoms with Gasteiger partial charge in [-0.1, -0.05) is 0 Å². The Morgan fingerprint density at radius 1 is 1.50 bits per heavy atom. The Morgan fingerprint density at radius 3 is 2.72 bits per heavy atom. The van der Waals surface area contributed by atoms with Crippen LogP contribution in [-0.2, 0) is 6.54 Å². The fourth-order valence-electron chi connectivity index (χ4n) is 1.72. The second kappa shape index (κ2) is 6.81. The van der Waals surface area contributed by atoms with Gasteiger partial charge >= 0.3 is 0 Å². The Kier molecular flexibility index (Phi) is 5.69. The first-order chi connectivity index (χ1) is 8.45. The molecule has 4 heteroatoms. The number of hydrogen-bond donors (Lipinski definition) is 1. The van der Waals surface area contributed by atoms with Crippen LogP contribution in [0.15, 0.2) is 18.2 Å². The molecule has 1 unspecified atom stereocenters. The van der Waals surface area contributed by atoms with Gasteiger partial charge in [0.1, 0.15) is 5.75 Å². The van der Waals surface area contributed by atoms with Crippen molar-refractivity contribution in [2.75, 3.05) is 19.1 Å². The topological polar surface area (TPSA) is 40.5 Å². The normalized spacial score (nSPS) is 12.7. The predicted octanol–water partition coefficient (Wildman–Crippen LogP) is 2.78. The number of benzene rings is 1. The SMILES string of the molecule is CSCC(C)N(C)Cc1cc(C(C)=O)ccc1O. The summed E-state index contributed by atoms with van der Waals surface area (Å²) in [5, 5.41) is 9.83. The zero-order valence-corrected chi connectivity index (χ0v) is 12.3. The Bertz CT molecular complexity index is 420. The molecular formula is C14H21NO2S. The Morgan fingerprint density at radius 2 is 2.17 bits per heavy atom. The van der Waals surface area contributed by atoms with Gasteiger partial charge in [0.25, 0.3) is 0 Å². The molecule has 0 aliphatic rings. The van der Waals surface area contributed by atoms with Gasteiger partial charge in [0.2, 0.25) is 0 Å². The summed E-state index contributed by atoms with van der Waals surface area (Å²) in [6, 6.07) is 5.46. The number of phenolic OH excluding ortho intramolecular Hbond substituents is 1. The highest BCUT2D eigenvalue weighted by atomic mass is 32.2. The smallest absolute Gasteiger partial charge is 0.159 e. The van der Waals surface area contributed by atoms with Crippen molar-refractivity contribution in [3.05, 3.63) is 29.3 Å². The summed E-state index contributed by atoms with van der Waals surface area (Å²) >= 11 is 1.80. The maximum atomic E-state index is 11.3. The fraction of sp³-hybridized carbons (Fsp3) is 0.500. The summed E-state index contributed by atoms with van der Waals surface area (Å²) in [6.45, 7) is 4.34. The van der Waals surface area contributed by atoms with Crippen LogP contribution in [0.2, 0.25) is 0 Å². The molecule has 0 radical (unpaired) electrons. The van der Waals surface area contributed by atoms with Crippen molar-refractivity contribution >= 4 is 17.5 Å². The zero-order valence-electron chi connectivity index (χ0n) is 11.4. The molecule has 0 aromatic heterocycles. The minimum Gasteiger partial charge on any atom is -0.508 e. The number of nitrogens with zero attached hydrogens (tertiary/aromatic N) is 1. The molecule has 100 valence electrons. The molecule has 0 saturated carbocycles. The summed E-state index contributed by atoms with van der Waals surface area (Å²) in [6.07, 6.45) is 2.08. The lowest BCUT2D eigenvalue weighted by Gasteiger charge is -2.24. The van der Waals surface area contributed by atoms with Crippen molar-refractivity contribution in [2.45, 2.75) is 26.4 Å². The number of hydrogen-bond acceptors (Lipinski definition) is 4. The van der Waals surface area contributed by atoms with Crippen molar-refractivity contribution in [1.29, 1.82) is 0 Å². The van der Waals surface area contributed by atoms with Crippen LogP contribution in [0, 0.1) is 0 Å². The molecule has 0 heterocycles. The van der Waals surface area contributed by atoms with E-state index in [9.17, 15) is 9.90 Å². The van der Waals surface area contributed by atoms with Crippen LogP contribution in [0.5, 0.6) is 5.75 Å². The molecule has 0 aliphatic heterocycles. The van der Waals surface area contributed by atoms with Crippen LogP contribution in [-0.4, -0.2) is 40.9 Å². The van der Waals surface area contributed by atoms with E-state index in [0.29, 0.717) is 18.2 Å². The van der Waals surface area contributed by atoms with Crippen LogP contribution >= 0.6 is 11.8 Å². The Labute approximate surface area is 113 Å². The van der Waals surface area contributed by atoms with Crippen LogP contribution in [0.3, 0.4) is 0 Å². The molecule has 3 nitrogen and oxygen atoms in total. The van der Waals surface area contributed by atoms with E-state index < -0.39 is 0 Å². The van der Waals surface area contributed by atoms with E-state index in [1.54, 1.807) is 30.0 Å². The molecular weight excluding hydrogens is 246 g/mol. The lowest BCUT2D eigenvalue weighted by Crippen LogP contribution is -2.30. The van der Waals surface area contributed by atoms with Crippen molar-refractivity contribution in [3.63, 3.8) is 0 Å². The molecule has 0 spiro atoms. The molecule has 1 atom stereocenters. The van der Waals surface area contributed by atoms with Gasteiger partial charge in [-0.3, -0.25) is 9.69 Å². The van der Waals surface area contributed by atoms with Gasteiger partial charge in [-0.2, -0.15) is 11.8 Å². The highest BCUT2D eigenvalue weighted by molar-refractivity contribution is 7.98. The average molecular weight is 267 g/mol. The second-order valence-electron chi connectivity index (χ2n) is 4.62. The standard InChI is InChI=1S/C14H21NO2S/c1-10(9-18-4)15(3)8-13-7-12(11(2)16)5-6-14(13)17/h5-7,10,17H,8-9H2,1-4H3. The molecule has 0 bridgehead atoms. The monoisotopic (exact) mass is 267 g/mol. The van der Waals surface area contributed by atoms with Gasteiger partial charge in [0.05, 0.1) is 0 Å². The Hall–Kier alpha value is -1.00. The number of ketones is 1.